The van der Waals surface area contributed by atoms with Gasteiger partial charge in [-0.05, 0) is 40.2 Å². The molecule has 0 radical (unpaired) electrons. The molecule has 96 valence electrons. The van der Waals surface area contributed by atoms with Gasteiger partial charge in [-0.25, -0.2) is 0 Å². The van der Waals surface area contributed by atoms with Gasteiger partial charge >= 0.3 is 0 Å². The van der Waals surface area contributed by atoms with Crippen LogP contribution in [-0.4, -0.2) is 0 Å². The Hall–Kier alpha value is -1.45. The smallest absolute Gasteiger partial charge is 0.134 e. The van der Waals surface area contributed by atoms with E-state index in [1.165, 1.54) is 0 Å². The Morgan fingerprint density at radius 3 is 2.89 bits per heavy atom. The van der Waals surface area contributed by atoms with Gasteiger partial charge in [-0.2, -0.15) is 0 Å². The molecule has 2 nitrogen and oxygen atoms in total. The summed E-state index contributed by atoms with van der Waals surface area (Å²) < 4.78 is 6.50. The van der Waals surface area contributed by atoms with E-state index in [0.29, 0.717) is 11.6 Å². The van der Waals surface area contributed by atoms with E-state index in [1.807, 2.05) is 36.4 Å². The molecular weight excluding hydrogens is 326 g/mol. The van der Waals surface area contributed by atoms with Gasteiger partial charge in [-0.3, -0.25) is 0 Å². The van der Waals surface area contributed by atoms with Gasteiger partial charge in [0.05, 0.1) is 12.0 Å². The van der Waals surface area contributed by atoms with Crippen molar-refractivity contribution in [2.75, 3.05) is 5.32 Å². The number of para-hydroxylation sites is 1. The second kappa shape index (κ2) is 5.27. The molecule has 1 aromatic heterocycles. The first-order chi connectivity index (χ1) is 9.24. The average molecular weight is 337 g/mol. The molecule has 0 amide bonds. The number of furan rings is 1. The molecule has 0 saturated heterocycles. The van der Waals surface area contributed by atoms with Gasteiger partial charge in [-0.15, -0.1) is 0 Å². The highest BCUT2D eigenvalue weighted by molar-refractivity contribution is 9.10. The minimum atomic E-state index is 0.690. The van der Waals surface area contributed by atoms with Crippen molar-refractivity contribution < 1.29 is 4.42 Å². The molecule has 3 aromatic rings. The molecule has 0 aliphatic heterocycles. The van der Waals surface area contributed by atoms with Gasteiger partial charge in [0.25, 0.3) is 0 Å². The fraction of sp³-hybridized carbons (Fsp3) is 0.0667. The summed E-state index contributed by atoms with van der Waals surface area (Å²) in [6.45, 7) is 0.690. The van der Waals surface area contributed by atoms with Crippen LogP contribution in [0.3, 0.4) is 0 Å². The Morgan fingerprint density at radius 2 is 2.00 bits per heavy atom. The maximum atomic E-state index is 5.99. The van der Waals surface area contributed by atoms with Gasteiger partial charge in [-0.1, -0.05) is 29.8 Å². The molecular formula is C15H11BrClNO. The van der Waals surface area contributed by atoms with Gasteiger partial charge in [0.15, 0.2) is 0 Å². The molecule has 0 unspecified atom stereocenters. The van der Waals surface area contributed by atoms with E-state index in [-0.39, 0.29) is 0 Å². The third-order valence-electron chi connectivity index (χ3n) is 2.96. The predicted octanol–water partition coefficient (Wildman–Crippen LogP) is 5.46. The molecule has 0 bridgehead atoms. The predicted molar refractivity (Wildman–Crippen MR) is 82.7 cm³/mol. The van der Waals surface area contributed by atoms with Crippen molar-refractivity contribution in [2.24, 2.45) is 0 Å². The van der Waals surface area contributed by atoms with E-state index in [9.17, 15) is 0 Å². The summed E-state index contributed by atoms with van der Waals surface area (Å²) >= 11 is 9.49. The van der Waals surface area contributed by atoms with E-state index >= 15 is 0 Å². The van der Waals surface area contributed by atoms with Gasteiger partial charge in [0.2, 0.25) is 0 Å². The summed E-state index contributed by atoms with van der Waals surface area (Å²) in [5.41, 5.74) is 3.00. The first-order valence-corrected chi connectivity index (χ1v) is 7.05. The zero-order valence-corrected chi connectivity index (χ0v) is 12.3. The summed E-state index contributed by atoms with van der Waals surface area (Å²) in [6.07, 6.45) is 1.79. The van der Waals surface area contributed by atoms with Crippen molar-refractivity contribution in [3.05, 3.63) is 63.8 Å². The number of hydrogen-bond donors (Lipinski definition) is 1. The monoisotopic (exact) mass is 335 g/mol. The molecule has 2 aromatic carbocycles. The van der Waals surface area contributed by atoms with E-state index in [4.69, 9.17) is 16.0 Å². The number of fused-ring (bicyclic) bond motifs is 1. The maximum Gasteiger partial charge on any atom is 0.134 e. The van der Waals surface area contributed by atoms with Crippen LogP contribution in [-0.2, 0) is 6.54 Å². The third-order valence-corrected chi connectivity index (χ3v) is 3.89. The Balaban J connectivity index is 1.84. The Bertz CT molecular complexity index is 723. The van der Waals surface area contributed by atoms with Crippen LogP contribution in [0.5, 0.6) is 0 Å². The van der Waals surface area contributed by atoms with Crippen LogP contribution >= 0.6 is 27.5 Å². The number of nitrogens with one attached hydrogen (secondary N) is 1. The lowest BCUT2D eigenvalue weighted by molar-refractivity contribution is 0.611. The summed E-state index contributed by atoms with van der Waals surface area (Å²) in [4.78, 5) is 0. The largest absolute Gasteiger partial charge is 0.464 e. The molecule has 4 heteroatoms. The van der Waals surface area contributed by atoms with Crippen LogP contribution in [0.4, 0.5) is 5.69 Å². The topological polar surface area (TPSA) is 25.2 Å². The van der Waals surface area contributed by atoms with Gasteiger partial charge in [0.1, 0.15) is 5.58 Å². The highest BCUT2D eigenvalue weighted by Crippen LogP contribution is 2.27. The van der Waals surface area contributed by atoms with Crippen molar-refractivity contribution in [2.45, 2.75) is 6.54 Å². The minimum absolute atomic E-state index is 0.690. The minimum Gasteiger partial charge on any atom is -0.464 e. The first-order valence-electron chi connectivity index (χ1n) is 5.88. The van der Waals surface area contributed by atoms with Crippen LogP contribution in [0, 0.1) is 0 Å². The average Bonchev–Trinajstić information content (AvgIpc) is 2.83. The third kappa shape index (κ3) is 2.62. The quantitative estimate of drug-likeness (QED) is 0.687. The van der Waals surface area contributed by atoms with E-state index < -0.39 is 0 Å². The molecule has 0 spiro atoms. The zero-order chi connectivity index (χ0) is 13.2. The fourth-order valence-corrected chi connectivity index (χ4v) is 2.55. The molecule has 19 heavy (non-hydrogen) atoms. The first kappa shape index (κ1) is 12.6. The highest BCUT2D eigenvalue weighted by Gasteiger charge is 2.06. The fourth-order valence-electron chi connectivity index (χ4n) is 1.99. The molecule has 0 aliphatic rings. The van der Waals surface area contributed by atoms with Crippen LogP contribution in [0.15, 0.2) is 57.6 Å². The maximum absolute atomic E-state index is 5.99. The van der Waals surface area contributed by atoms with Crippen LogP contribution < -0.4 is 5.32 Å². The lowest BCUT2D eigenvalue weighted by atomic mass is 10.2. The zero-order valence-electron chi connectivity index (χ0n) is 9.99. The highest BCUT2D eigenvalue weighted by atomic mass is 79.9. The van der Waals surface area contributed by atoms with Crippen molar-refractivity contribution in [3.8, 4) is 0 Å². The Kier molecular flexibility index (Phi) is 3.49. The molecule has 0 saturated carbocycles. The second-order valence-electron chi connectivity index (χ2n) is 4.23. The molecule has 0 aliphatic carbocycles. The number of benzene rings is 2. The van der Waals surface area contributed by atoms with Crippen LogP contribution in [0.2, 0.25) is 5.02 Å². The van der Waals surface area contributed by atoms with Gasteiger partial charge < -0.3 is 9.73 Å². The summed E-state index contributed by atoms with van der Waals surface area (Å²) in [5.74, 6) is 0. The normalized spacial score (nSPS) is 10.8. The Morgan fingerprint density at radius 1 is 1.16 bits per heavy atom. The number of halogens is 2. The molecule has 0 fully saturated rings. The SMILES string of the molecule is Clc1ccc(Br)c(NCc2coc3ccccc23)c1. The van der Waals surface area contributed by atoms with Gasteiger partial charge in [0, 0.05) is 27.0 Å². The molecule has 1 heterocycles. The summed E-state index contributed by atoms with van der Waals surface area (Å²) in [7, 11) is 0. The molecule has 1 N–H and O–H groups in total. The van der Waals surface area contributed by atoms with E-state index in [0.717, 1.165) is 26.7 Å². The van der Waals surface area contributed by atoms with E-state index in [1.54, 1.807) is 6.26 Å². The van der Waals surface area contributed by atoms with E-state index in [2.05, 4.69) is 27.3 Å². The standard InChI is InChI=1S/C15H11BrClNO/c16-13-6-5-11(17)7-14(13)18-8-10-9-19-15-4-2-1-3-12(10)15/h1-7,9,18H,8H2. The van der Waals surface area contributed by atoms with Crippen molar-refractivity contribution in [1.82, 2.24) is 0 Å². The summed E-state index contributed by atoms with van der Waals surface area (Å²) in [6, 6.07) is 13.7. The number of rotatable bonds is 3. The van der Waals surface area contributed by atoms with Crippen molar-refractivity contribution >= 4 is 44.2 Å². The lowest BCUT2D eigenvalue weighted by Crippen LogP contribution is -1.99. The van der Waals surface area contributed by atoms with Crippen molar-refractivity contribution in [1.29, 1.82) is 0 Å². The Labute approximate surface area is 124 Å². The number of hydrogen-bond acceptors (Lipinski definition) is 2. The molecule has 3 rings (SSSR count). The summed E-state index contributed by atoms with van der Waals surface area (Å²) in [5, 5.41) is 5.20. The van der Waals surface area contributed by atoms with Crippen LogP contribution in [0.1, 0.15) is 5.56 Å². The van der Waals surface area contributed by atoms with Crippen LogP contribution in [0.25, 0.3) is 11.0 Å². The second-order valence-corrected chi connectivity index (χ2v) is 5.53. The number of anilines is 1. The van der Waals surface area contributed by atoms with Crippen molar-refractivity contribution in [3.63, 3.8) is 0 Å². The lowest BCUT2D eigenvalue weighted by Gasteiger charge is -2.08. The molecule has 0 atom stereocenters.